The molecule has 5 heteroatoms. The van der Waals surface area contributed by atoms with Crippen LogP contribution in [0, 0.1) is 0 Å². The average Bonchev–Trinajstić information content (AvgIpc) is 2.67. The van der Waals surface area contributed by atoms with E-state index in [1.165, 1.54) is 6.42 Å². The molecule has 136 valence electrons. The lowest BCUT2D eigenvalue weighted by molar-refractivity contribution is -0.132. The number of nitrogens with one attached hydrogen (secondary N) is 2. The van der Waals surface area contributed by atoms with Crippen LogP contribution in [0.15, 0.2) is 54.6 Å². The Kier molecular flexibility index (Phi) is 5.89. The van der Waals surface area contributed by atoms with Crippen LogP contribution in [0.5, 0.6) is 0 Å². The smallest absolute Gasteiger partial charge is 0.257 e. The molecule has 1 unspecified atom stereocenters. The molecule has 5 nitrogen and oxygen atoms in total. The van der Waals surface area contributed by atoms with Crippen molar-refractivity contribution in [1.29, 1.82) is 0 Å². The molecule has 1 saturated heterocycles. The van der Waals surface area contributed by atoms with Gasteiger partial charge < -0.3 is 15.5 Å². The molecule has 1 aliphatic heterocycles. The first-order valence-electron chi connectivity index (χ1n) is 9.14. The second-order valence-electron chi connectivity index (χ2n) is 6.65. The maximum absolute atomic E-state index is 12.6. The molecule has 3 rings (SSSR count). The second-order valence-corrected chi connectivity index (χ2v) is 6.65. The number of para-hydroxylation sites is 2. The fraction of sp³-hybridized carbons (Fsp3) is 0.333. The van der Waals surface area contributed by atoms with Gasteiger partial charge in [-0.15, -0.1) is 0 Å². The van der Waals surface area contributed by atoms with Crippen molar-refractivity contribution in [1.82, 2.24) is 4.90 Å². The van der Waals surface area contributed by atoms with Gasteiger partial charge in [-0.05, 0) is 50.5 Å². The van der Waals surface area contributed by atoms with Gasteiger partial charge in [0.15, 0.2) is 0 Å². The standard InChI is InChI=1S/C21H25N3O2/c1-16-9-7-8-14-24(16)20(25)15-22-19-13-6-5-12-18(19)21(26)23-17-10-3-2-4-11-17/h2-6,10-13,16,22H,7-9,14-15H2,1H3,(H,23,26). The highest BCUT2D eigenvalue weighted by atomic mass is 16.2. The van der Waals surface area contributed by atoms with Crippen molar-refractivity contribution in [3.63, 3.8) is 0 Å². The zero-order valence-electron chi connectivity index (χ0n) is 15.1. The fourth-order valence-corrected chi connectivity index (χ4v) is 3.30. The van der Waals surface area contributed by atoms with E-state index in [-0.39, 0.29) is 24.4 Å². The lowest BCUT2D eigenvalue weighted by Gasteiger charge is -2.33. The third-order valence-electron chi connectivity index (χ3n) is 4.76. The Bertz CT molecular complexity index is 761. The highest BCUT2D eigenvalue weighted by Crippen LogP contribution is 2.19. The summed E-state index contributed by atoms with van der Waals surface area (Å²) in [5.41, 5.74) is 1.93. The van der Waals surface area contributed by atoms with Crippen molar-refractivity contribution in [2.75, 3.05) is 23.7 Å². The molecule has 2 N–H and O–H groups in total. The summed E-state index contributed by atoms with van der Waals surface area (Å²) in [7, 11) is 0. The Labute approximate surface area is 154 Å². The van der Waals surface area contributed by atoms with Gasteiger partial charge in [-0.3, -0.25) is 9.59 Å². The van der Waals surface area contributed by atoms with Gasteiger partial charge in [0, 0.05) is 24.0 Å². The lowest BCUT2D eigenvalue weighted by atomic mass is 10.0. The van der Waals surface area contributed by atoms with Crippen molar-refractivity contribution >= 4 is 23.2 Å². The number of amides is 2. The summed E-state index contributed by atoms with van der Waals surface area (Å²) in [5, 5.41) is 6.03. The van der Waals surface area contributed by atoms with Crippen molar-refractivity contribution in [2.24, 2.45) is 0 Å². The first-order chi connectivity index (χ1) is 12.6. The highest BCUT2D eigenvalue weighted by molar-refractivity contribution is 6.08. The number of piperidine rings is 1. The number of hydrogen-bond acceptors (Lipinski definition) is 3. The SMILES string of the molecule is CC1CCCCN1C(=O)CNc1ccccc1C(=O)Nc1ccccc1. The fourth-order valence-electron chi connectivity index (χ4n) is 3.30. The number of likely N-dealkylation sites (tertiary alicyclic amines) is 1. The van der Waals surface area contributed by atoms with Gasteiger partial charge >= 0.3 is 0 Å². The van der Waals surface area contributed by atoms with Crippen LogP contribution in [0.4, 0.5) is 11.4 Å². The molecule has 0 aliphatic carbocycles. The summed E-state index contributed by atoms with van der Waals surface area (Å²) in [6.07, 6.45) is 3.30. The predicted molar refractivity (Wildman–Crippen MR) is 104 cm³/mol. The van der Waals surface area contributed by atoms with E-state index in [0.717, 1.165) is 25.1 Å². The highest BCUT2D eigenvalue weighted by Gasteiger charge is 2.23. The maximum atomic E-state index is 12.6. The predicted octanol–water partition coefficient (Wildman–Crippen LogP) is 3.75. The molecule has 2 aromatic carbocycles. The third kappa shape index (κ3) is 4.42. The minimum absolute atomic E-state index is 0.0791. The molecule has 0 saturated carbocycles. The van der Waals surface area contributed by atoms with Crippen molar-refractivity contribution < 1.29 is 9.59 Å². The van der Waals surface area contributed by atoms with E-state index in [2.05, 4.69) is 17.6 Å². The Hall–Kier alpha value is -2.82. The molecule has 2 amide bonds. The Balaban J connectivity index is 1.65. The molecule has 1 fully saturated rings. The summed E-state index contributed by atoms with van der Waals surface area (Å²) >= 11 is 0. The molecule has 1 aliphatic rings. The van der Waals surface area contributed by atoms with Crippen LogP contribution in [-0.4, -0.2) is 35.8 Å². The summed E-state index contributed by atoms with van der Waals surface area (Å²) in [5.74, 6) is -0.117. The zero-order valence-corrected chi connectivity index (χ0v) is 15.1. The first kappa shape index (κ1) is 18.0. The first-order valence-corrected chi connectivity index (χ1v) is 9.14. The van der Waals surface area contributed by atoms with E-state index in [0.29, 0.717) is 11.3 Å². The van der Waals surface area contributed by atoms with E-state index < -0.39 is 0 Å². The van der Waals surface area contributed by atoms with Crippen LogP contribution in [0.25, 0.3) is 0 Å². The summed E-state index contributed by atoms with van der Waals surface area (Å²) < 4.78 is 0. The number of carbonyl (C=O) groups is 2. The van der Waals surface area contributed by atoms with Crippen molar-refractivity contribution in [3.8, 4) is 0 Å². The van der Waals surface area contributed by atoms with Crippen LogP contribution < -0.4 is 10.6 Å². The quantitative estimate of drug-likeness (QED) is 0.862. The number of nitrogens with zero attached hydrogens (tertiary/aromatic N) is 1. The van der Waals surface area contributed by atoms with Crippen molar-refractivity contribution in [3.05, 3.63) is 60.2 Å². The number of carbonyl (C=O) groups excluding carboxylic acids is 2. The minimum atomic E-state index is -0.196. The Morgan fingerprint density at radius 2 is 1.77 bits per heavy atom. The molecule has 1 atom stereocenters. The molecular formula is C21H25N3O2. The van der Waals surface area contributed by atoms with Crippen LogP contribution in [0.1, 0.15) is 36.5 Å². The van der Waals surface area contributed by atoms with Gasteiger partial charge in [-0.25, -0.2) is 0 Å². The van der Waals surface area contributed by atoms with E-state index in [9.17, 15) is 9.59 Å². The molecule has 0 radical (unpaired) electrons. The molecule has 0 aromatic heterocycles. The lowest BCUT2D eigenvalue weighted by Crippen LogP contribution is -2.44. The third-order valence-corrected chi connectivity index (χ3v) is 4.76. The summed E-state index contributed by atoms with van der Waals surface area (Å²) in [6.45, 7) is 3.11. The largest absolute Gasteiger partial charge is 0.376 e. The van der Waals surface area contributed by atoms with Crippen LogP contribution in [-0.2, 0) is 4.79 Å². The Morgan fingerprint density at radius 3 is 2.54 bits per heavy atom. The maximum Gasteiger partial charge on any atom is 0.257 e. The number of rotatable bonds is 5. The van der Waals surface area contributed by atoms with Crippen molar-refractivity contribution in [2.45, 2.75) is 32.2 Å². The molecule has 2 aromatic rings. The van der Waals surface area contributed by atoms with Gasteiger partial charge in [0.25, 0.3) is 5.91 Å². The number of hydrogen-bond donors (Lipinski definition) is 2. The van der Waals surface area contributed by atoms with Gasteiger partial charge in [-0.1, -0.05) is 30.3 Å². The summed E-state index contributed by atoms with van der Waals surface area (Å²) in [4.78, 5) is 27.0. The summed E-state index contributed by atoms with van der Waals surface area (Å²) in [6, 6.07) is 16.9. The second kappa shape index (κ2) is 8.52. The topological polar surface area (TPSA) is 61.4 Å². The van der Waals surface area contributed by atoms with Crippen LogP contribution >= 0.6 is 0 Å². The van der Waals surface area contributed by atoms with E-state index in [4.69, 9.17) is 0 Å². The molecule has 1 heterocycles. The van der Waals surface area contributed by atoms with E-state index >= 15 is 0 Å². The van der Waals surface area contributed by atoms with Gasteiger partial charge in [-0.2, -0.15) is 0 Å². The van der Waals surface area contributed by atoms with E-state index in [1.807, 2.05) is 53.4 Å². The van der Waals surface area contributed by atoms with Crippen LogP contribution in [0.3, 0.4) is 0 Å². The Morgan fingerprint density at radius 1 is 1.04 bits per heavy atom. The molecule has 0 bridgehead atoms. The average molecular weight is 351 g/mol. The number of anilines is 2. The number of benzene rings is 2. The van der Waals surface area contributed by atoms with Gasteiger partial charge in [0.1, 0.15) is 0 Å². The van der Waals surface area contributed by atoms with Gasteiger partial charge in [0.2, 0.25) is 5.91 Å². The van der Waals surface area contributed by atoms with Gasteiger partial charge in [0.05, 0.1) is 12.1 Å². The molecule has 26 heavy (non-hydrogen) atoms. The molecule has 0 spiro atoms. The molecular weight excluding hydrogens is 326 g/mol. The monoisotopic (exact) mass is 351 g/mol. The zero-order chi connectivity index (χ0) is 18.4. The van der Waals surface area contributed by atoms with Crippen LogP contribution in [0.2, 0.25) is 0 Å². The normalized spacial score (nSPS) is 16.8. The van der Waals surface area contributed by atoms with E-state index in [1.54, 1.807) is 6.07 Å². The minimum Gasteiger partial charge on any atom is -0.376 e.